The largest absolute Gasteiger partial charge is 0.149 e. The Hall–Kier alpha value is -0.310. The summed E-state index contributed by atoms with van der Waals surface area (Å²) in [5.74, 6) is 1.32. The maximum atomic E-state index is 5.72. The van der Waals surface area contributed by atoms with E-state index in [9.17, 15) is 0 Å². The average Bonchev–Trinajstić information content (AvgIpc) is 2.87. The lowest BCUT2D eigenvalue weighted by molar-refractivity contribution is 0.890. The first kappa shape index (κ1) is 14.7. The van der Waals surface area contributed by atoms with Gasteiger partial charge in [0.2, 0.25) is 0 Å². The second kappa shape index (κ2) is 7.20. The quantitative estimate of drug-likeness (QED) is 0.599. The lowest BCUT2D eigenvalue weighted by atomic mass is 10.2. The molecule has 2 aromatic heterocycles. The number of hydrogen-bond donors (Lipinski definition) is 0. The van der Waals surface area contributed by atoms with Crippen molar-refractivity contribution in [2.45, 2.75) is 39.5 Å². The van der Waals surface area contributed by atoms with E-state index < -0.39 is 0 Å². The second-order valence-electron chi connectivity index (χ2n) is 4.47. The minimum absolute atomic E-state index is 0.613. The molecule has 0 aliphatic rings. The molecule has 0 aromatic carbocycles. The number of halogens is 1. The molecule has 0 saturated carbocycles. The lowest BCUT2D eigenvalue weighted by Crippen LogP contribution is -1.77. The summed E-state index contributed by atoms with van der Waals surface area (Å²) in [5.41, 5.74) is 0. The summed E-state index contributed by atoms with van der Waals surface area (Å²) in [4.78, 5) is 2.84. The van der Waals surface area contributed by atoms with E-state index in [1.54, 1.807) is 11.3 Å². The van der Waals surface area contributed by atoms with Crippen LogP contribution in [0.4, 0.5) is 0 Å². The standard InChI is InChI=1S/C7H9ClS.C7H10S/c1-5(2)6-3-4-7(8)9-6;1-6(2)7-4-3-5-8-7/h3-5H,1-2H3;3-6H,1-2H3. The summed E-state index contributed by atoms with van der Waals surface area (Å²) in [5, 5.41) is 2.12. The highest BCUT2D eigenvalue weighted by molar-refractivity contribution is 7.16. The van der Waals surface area contributed by atoms with Gasteiger partial charge in [0.05, 0.1) is 4.34 Å². The van der Waals surface area contributed by atoms with E-state index >= 15 is 0 Å². The van der Waals surface area contributed by atoms with E-state index in [2.05, 4.69) is 51.3 Å². The van der Waals surface area contributed by atoms with Gasteiger partial charge in [-0.2, -0.15) is 0 Å². The van der Waals surface area contributed by atoms with Gasteiger partial charge in [-0.3, -0.25) is 0 Å². The van der Waals surface area contributed by atoms with Crippen molar-refractivity contribution in [2.75, 3.05) is 0 Å². The van der Waals surface area contributed by atoms with Crippen LogP contribution < -0.4 is 0 Å². The molecule has 0 amide bonds. The van der Waals surface area contributed by atoms with E-state index in [0.29, 0.717) is 11.8 Å². The first-order valence-electron chi connectivity index (χ1n) is 5.79. The summed E-state index contributed by atoms with van der Waals surface area (Å²) < 4.78 is 0.888. The molecule has 0 spiro atoms. The van der Waals surface area contributed by atoms with Gasteiger partial charge in [-0.05, 0) is 35.4 Å². The predicted molar refractivity (Wildman–Crippen MR) is 81.8 cm³/mol. The molecule has 0 nitrogen and oxygen atoms in total. The summed E-state index contributed by atoms with van der Waals surface area (Å²) in [6, 6.07) is 8.30. The van der Waals surface area contributed by atoms with Crippen molar-refractivity contribution in [2.24, 2.45) is 0 Å². The fourth-order valence-electron chi connectivity index (χ4n) is 1.26. The monoisotopic (exact) mass is 286 g/mol. The van der Waals surface area contributed by atoms with Crippen molar-refractivity contribution >= 4 is 34.3 Å². The van der Waals surface area contributed by atoms with Gasteiger partial charge in [0.25, 0.3) is 0 Å². The Morgan fingerprint density at radius 2 is 1.59 bits per heavy atom. The van der Waals surface area contributed by atoms with Crippen molar-refractivity contribution in [3.8, 4) is 0 Å². The Bertz CT molecular complexity index is 413. The van der Waals surface area contributed by atoms with Crippen molar-refractivity contribution in [3.05, 3.63) is 43.7 Å². The molecule has 0 aliphatic carbocycles. The highest BCUT2D eigenvalue weighted by atomic mass is 35.5. The lowest BCUT2D eigenvalue weighted by Gasteiger charge is -1.95. The van der Waals surface area contributed by atoms with Crippen LogP contribution in [-0.4, -0.2) is 0 Å². The number of rotatable bonds is 2. The molecule has 0 fully saturated rings. The summed E-state index contributed by atoms with van der Waals surface area (Å²) in [6.07, 6.45) is 0. The third kappa shape index (κ3) is 5.24. The molecule has 2 heterocycles. The minimum Gasteiger partial charge on any atom is -0.149 e. The van der Waals surface area contributed by atoms with Gasteiger partial charge in [0.1, 0.15) is 0 Å². The molecule has 0 aliphatic heterocycles. The van der Waals surface area contributed by atoms with Gasteiger partial charge in [-0.15, -0.1) is 22.7 Å². The molecule has 0 atom stereocenters. The Morgan fingerprint density at radius 3 is 1.82 bits per heavy atom. The maximum Gasteiger partial charge on any atom is 0.0931 e. The number of thiophene rings is 2. The zero-order chi connectivity index (χ0) is 12.8. The molecule has 0 radical (unpaired) electrons. The van der Waals surface area contributed by atoms with Crippen LogP contribution in [0.5, 0.6) is 0 Å². The molecular formula is C14H19ClS2. The van der Waals surface area contributed by atoms with Crippen molar-refractivity contribution < 1.29 is 0 Å². The normalized spacial score (nSPS) is 10.5. The average molecular weight is 287 g/mol. The summed E-state index contributed by atoms with van der Waals surface area (Å²) in [6.45, 7) is 8.77. The molecule has 0 saturated heterocycles. The molecule has 3 heteroatoms. The minimum atomic E-state index is 0.613. The highest BCUT2D eigenvalue weighted by Crippen LogP contribution is 2.27. The molecule has 17 heavy (non-hydrogen) atoms. The maximum absolute atomic E-state index is 5.72. The van der Waals surface area contributed by atoms with Crippen LogP contribution in [0, 0.1) is 0 Å². The van der Waals surface area contributed by atoms with E-state index in [1.165, 1.54) is 9.75 Å². The second-order valence-corrected chi connectivity index (χ2v) is 7.19. The third-order valence-electron chi connectivity index (χ3n) is 2.28. The van der Waals surface area contributed by atoms with Gasteiger partial charge < -0.3 is 0 Å². The first-order chi connectivity index (χ1) is 8.00. The molecule has 2 rings (SSSR count). The van der Waals surface area contributed by atoms with E-state index in [1.807, 2.05) is 17.4 Å². The third-order valence-corrected chi connectivity index (χ3v) is 4.98. The topological polar surface area (TPSA) is 0 Å². The van der Waals surface area contributed by atoms with Crippen molar-refractivity contribution in [1.29, 1.82) is 0 Å². The highest BCUT2D eigenvalue weighted by Gasteiger charge is 2.00. The Labute approximate surface area is 117 Å². The van der Waals surface area contributed by atoms with E-state index in [-0.39, 0.29) is 0 Å². The van der Waals surface area contributed by atoms with Crippen LogP contribution in [0.15, 0.2) is 29.6 Å². The SMILES string of the molecule is CC(C)c1ccc(Cl)s1.CC(C)c1cccs1. The predicted octanol–water partition coefficient (Wildman–Crippen LogP) is 6.40. The molecule has 0 unspecified atom stereocenters. The summed E-state index contributed by atoms with van der Waals surface area (Å²) >= 11 is 9.22. The Balaban J connectivity index is 0.000000171. The smallest absolute Gasteiger partial charge is 0.0931 e. The Morgan fingerprint density at radius 1 is 0.941 bits per heavy atom. The molecule has 0 bridgehead atoms. The summed E-state index contributed by atoms with van der Waals surface area (Å²) in [7, 11) is 0. The van der Waals surface area contributed by atoms with Crippen LogP contribution >= 0.6 is 34.3 Å². The van der Waals surface area contributed by atoms with Gasteiger partial charge in [0.15, 0.2) is 0 Å². The van der Waals surface area contributed by atoms with E-state index in [4.69, 9.17) is 11.6 Å². The van der Waals surface area contributed by atoms with Crippen LogP contribution in [0.3, 0.4) is 0 Å². The number of hydrogen-bond acceptors (Lipinski definition) is 2. The van der Waals surface area contributed by atoms with Crippen LogP contribution in [0.2, 0.25) is 4.34 Å². The van der Waals surface area contributed by atoms with E-state index in [0.717, 1.165) is 4.34 Å². The van der Waals surface area contributed by atoms with Crippen LogP contribution in [-0.2, 0) is 0 Å². The molecule has 2 aromatic rings. The fraction of sp³-hybridized carbons (Fsp3) is 0.429. The van der Waals surface area contributed by atoms with Gasteiger partial charge in [0, 0.05) is 9.75 Å². The molecular weight excluding hydrogens is 268 g/mol. The van der Waals surface area contributed by atoms with Crippen LogP contribution in [0.1, 0.15) is 49.3 Å². The zero-order valence-electron chi connectivity index (χ0n) is 10.7. The molecule has 94 valence electrons. The van der Waals surface area contributed by atoms with Crippen molar-refractivity contribution in [3.63, 3.8) is 0 Å². The fourth-order valence-corrected chi connectivity index (χ4v) is 3.07. The Kier molecular flexibility index (Phi) is 6.24. The zero-order valence-corrected chi connectivity index (χ0v) is 13.1. The van der Waals surface area contributed by atoms with Gasteiger partial charge in [-0.1, -0.05) is 45.4 Å². The van der Waals surface area contributed by atoms with Gasteiger partial charge >= 0.3 is 0 Å². The van der Waals surface area contributed by atoms with Crippen molar-refractivity contribution in [1.82, 2.24) is 0 Å². The van der Waals surface area contributed by atoms with Crippen LogP contribution in [0.25, 0.3) is 0 Å². The first-order valence-corrected chi connectivity index (χ1v) is 7.86. The van der Waals surface area contributed by atoms with Gasteiger partial charge in [-0.25, -0.2) is 0 Å². The molecule has 0 N–H and O–H groups in total.